The van der Waals surface area contributed by atoms with Gasteiger partial charge in [0.1, 0.15) is 6.04 Å². The molecule has 1 aliphatic rings. The van der Waals surface area contributed by atoms with Gasteiger partial charge in [-0.1, -0.05) is 63.6 Å². The number of aromatic nitrogens is 1. The maximum Gasteiger partial charge on any atom is 0.321 e. The van der Waals surface area contributed by atoms with Crippen molar-refractivity contribution in [1.29, 1.82) is 0 Å². The Balaban J connectivity index is 1.73. The molecule has 1 aliphatic heterocycles. The molecule has 130 valence electrons. The van der Waals surface area contributed by atoms with Gasteiger partial charge in [-0.05, 0) is 18.1 Å². The van der Waals surface area contributed by atoms with Gasteiger partial charge in [-0.25, -0.2) is 0 Å². The number of carboxylic acid groups (broad SMARTS) is 1. The van der Waals surface area contributed by atoms with Crippen molar-refractivity contribution in [2.24, 2.45) is 0 Å². The quantitative estimate of drug-likeness (QED) is 0.622. The molecule has 24 heavy (non-hydrogen) atoms. The molecule has 0 spiro atoms. The zero-order valence-corrected chi connectivity index (χ0v) is 14.5. The number of H-pyrrole nitrogens is 1. The molecule has 0 saturated heterocycles. The van der Waals surface area contributed by atoms with Crippen LogP contribution in [-0.2, 0) is 11.2 Å². The highest BCUT2D eigenvalue weighted by Gasteiger charge is 2.32. The van der Waals surface area contributed by atoms with Gasteiger partial charge in [0.2, 0.25) is 0 Å². The number of carbonyl (C=O) groups is 1. The van der Waals surface area contributed by atoms with Gasteiger partial charge in [0.15, 0.2) is 0 Å². The van der Waals surface area contributed by atoms with Crippen LogP contribution in [0.25, 0.3) is 10.9 Å². The van der Waals surface area contributed by atoms with Crippen molar-refractivity contribution in [3.8, 4) is 0 Å². The normalized spacial score (nSPS) is 20.2. The fraction of sp³-hybridized carbons (Fsp3) is 0.550. The maximum absolute atomic E-state index is 11.5. The van der Waals surface area contributed by atoms with Gasteiger partial charge < -0.3 is 10.1 Å². The largest absolute Gasteiger partial charge is 0.480 e. The first-order valence-electron chi connectivity index (χ1n) is 9.29. The van der Waals surface area contributed by atoms with Crippen molar-refractivity contribution in [3.05, 3.63) is 35.5 Å². The van der Waals surface area contributed by atoms with Crippen LogP contribution in [0, 0.1) is 0 Å². The molecular weight excluding hydrogens is 300 g/mol. The molecule has 0 aliphatic carbocycles. The molecule has 0 unspecified atom stereocenters. The Bertz CT molecular complexity index is 692. The van der Waals surface area contributed by atoms with E-state index in [9.17, 15) is 9.90 Å². The average Bonchev–Trinajstić information content (AvgIpc) is 2.96. The molecule has 2 aromatic rings. The molecule has 3 rings (SSSR count). The van der Waals surface area contributed by atoms with Crippen molar-refractivity contribution < 1.29 is 9.90 Å². The third kappa shape index (κ3) is 3.64. The smallest absolute Gasteiger partial charge is 0.321 e. The summed E-state index contributed by atoms with van der Waals surface area (Å²) < 4.78 is 0. The van der Waals surface area contributed by atoms with E-state index in [1.165, 1.54) is 48.7 Å². The van der Waals surface area contributed by atoms with Crippen LogP contribution in [0.5, 0.6) is 0 Å². The maximum atomic E-state index is 11.5. The van der Waals surface area contributed by atoms with Gasteiger partial charge in [0, 0.05) is 29.1 Å². The second kappa shape index (κ2) is 7.84. The second-order valence-corrected chi connectivity index (χ2v) is 6.93. The Morgan fingerprint density at radius 2 is 1.92 bits per heavy atom. The minimum atomic E-state index is -0.751. The summed E-state index contributed by atoms with van der Waals surface area (Å²) in [6.45, 7) is 2.23. The highest BCUT2D eigenvalue weighted by molar-refractivity contribution is 5.86. The van der Waals surface area contributed by atoms with Crippen LogP contribution in [0.3, 0.4) is 0 Å². The van der Waals surface area contributed by atoms with Gasteiger partial charge in [-0.2, -0.15) is 0 Å². The topological polar surface area (TPSA) is 65.1 Å². The molecule has 1 aromatic heterocycles. The lowest BCUT2D eigenvalue weighted by molar-refractivity contribution is -0.139. The molecule has 2 heterocycles. The SMILES string of the molecule is CCCCCCCC[C@H]1N[C@@H](C(=O)O)Cc2c1[nH]c1ccccc21. The molecule has 0 fully saturated rings. The van der Waals surface area contributed by atoms with E-state index in [-0.39, 0.29) is 6.04 Å². The molecule has 0 bridgehead atoms. The standard InChI is InChI=1S/C20H28N2O2/c1-2-3-4-5-6-7-12-17-19-15(13-18(21-17)20(23)24)14-10-8-9-11-16(14)22-19/h8-11,17-18,21-22H,2-7,12-13H2,1H3,(H,23,24)/t17-,18-/m1/s1. The number of carboxylic acids is 1. The number of aliphatic carboxylic acids is 1. The Hall–Kier alpha value is -1.81. The van der Waals surface area contributed by atoms with Gasteiger partial charge in [0.05, 0.1) is 0 Å². The molecule has 1 aromatic carbocycles. The zero-order valence-electron chi connectivity index (χ0n) is 14.5. The number of rotatable bonds is 8. The lowest BCUT2D eigenvalue weighted by Crippen LogP contribution is -2.44. The van der Waals surface area contributed by atoms with E-state index in [4.69, 9.17) is 0 Å². The van der Waals surface area contributed by atoms with Gasteiger partial charge >= 0.3 is 5.97 Å². The van der Waals surface area contributed by atoms with Crippen LogP contribution < -0.4 is 5.32 Å². The van der Waals surface area contributed by atoms with Crippen LogP contribution in [0.15, 0.2) is 24.3 Å². The molecule has 4 heteroatoms. The lowest BCUT2D eigenvalue weighted by Gasteiger charge is -2.29. The number of fused-ring (bicyclic) bond motifs is 3. The minimum absolute atomic E-state index is 0.119. The van der Waals surface area contributed by atoms with E-state index in [1.807, 2.05) is 12.1 Å². The van der Waals surface area contributed by atoms with Crippen molar-refractivity contribution in [2.75, 3.05) is 0 Å². The average molecular weight is 328 g/mol. The first kappa shape index (κ1) is 17.0. The van der Waals surface area contributed by atoms with Crippen LogP contribution in [0.1, 0.15) is 69.2 Å². The van der Waals surface area contributed by atoms with Crippen molar-refractivity contribution in [3.63, 3.8) is 0 Å². The first-order chi connectivity index (χ1) is 11.7. The second-order valence-electron chi connectivity index (χ2n) is 6.93. The minimum Gasteiger partial charge on any atom is -0.480 e. The summed E-state index contributed by atoms with van der Waals surface area (Å²) in [7, 11) is 0. The monoisotopic (exact) mass is 328 g/mol. The number of aromatic amines is 1. The number of hydrogen-bond donors (Lipinski definition) is 3. The summed E-state index contributed by atoms with van der Waals surface area (Å²) >= 11 is 0. The van der Waals surface area contributed by atoms with E-state index >= 15 is 0 Å². The van der Waals surface area contributed by atoms with Crippen LogP contribution in [-0.4, -0.2) is 22.1 Å². The van der Waals surface area contributed by atoms with E-state index in [0.29, 0.717) is 6.42 Å². The highest BCUT2D eigenvalue weighted by Crippen LogP contribution is 2.34. The number of nitrogens with one attached hydrogen (secondary N) is 2. The van der Waals surface area contributed by atoms with Gasteiger partial charge in [-0.15, -0.1) is 0 Å². The summed E-state index contributed by atoms with van der Waals surface area (Å²) in [4.78, 5) is 15.1. The predicted molar refractivity (Wildman–Crippen MR) is 97.3 cm³/mol. The summed E-state index contributed by atoms with van der Waals surface area (Å²) in [6, 6.07) is 7.85. The van der Waals surface area contributed by atoms with Gasteiger partial charge in [0.25, 0.3) is 0 Å². The molecule has 3 N–H and O–H groups in total. The summed E-state index contributed by atoms with van der Waals surface area (Å²) in [6.07, 6.45) is 9.09. The lowest BCUT2D eigenvalue weighted by atomic mass is 9.91. The summed E-state index contributed by atoms with van der Waals surface area (Å²) in [5, 5.41) is 14.0. The number of hydrogen-bond acceptors (Lipinski definition) is 2. The zero-order chi connectivity index (χ0) is 16.9. The van der Waals surface area contributed by atoms with Crippen LogP contribution >= 0.6 is 0 Å². The summed E-state index contributed by atoms with van der Waals surface area (Å²) in [5.74, 6) is -0.751. The Kier molecular flexibility index (Phi) is 5.56. The van der Waals surface area contributed by atoms with Crippen LogP contribution in [0.2, 0.25) is 0 Å². The number of para-hydroxylation sites is 1. The molecule has 4 nitrogen and oxygen atoms in total. The third-order valence-corrected chi connectivity index (χ3v) is 5.15. The Morgan fingerprint density at radius 3 is 2.71 bits per heavy atom. The third-order valence-electron chi connectivity index (χ3n) is 5.15. The van der Waals surface area contributed by atoms with Gasteiger partial charge in [-0.3, -0.25) is 10.1 Å². The molecule has 0 amide bonds. The number of benzene rings is 1. The predicted octanol–water partition coefficient (Wildman–Crippen LogP) is 4.56. The van der Waals surface area contributed by atoms with Crippen molar-refractivity contribution in [2.45, 2.75) is 70.4 Å². The van der Waals surface area contributed by atoms with E-state index in [2.05, 4.69) is 29.4 Å². The van der Waals surface area contributed by atoms with E-state index < -0.39 is 12.0 Å². The van der Waals surface area contributed by atoms with Crippen LogP contribution in [0.4, 0.5) is 0 Å². The molecule has 0 saturated carbocycles. The first-order valence-corrected chi connectivity index (χ1v) is 9.29. The van der Waals surface area contributed by atoms with Crippen molar-refractivity contribution >= 4 is 16.9 Å². The summed E-state index contributed by atoms with van der Waals surface area (Å²) in [5.41, 5.74) is 3.50. The van der Waals surface area contributed by atoms with E-state index in [1.54, 1.807) is 0 Å². The van der Waals surface area contributed by atoms with E-state index in [0.717, 1.165) is 18.4 Å². The number of unbranched alkanes of at least 4 members (excludes halogenated alkanes) is 5. The highest BCUT2D eigenvalue weighted by atomic mass is 16.4. The van der Waals surface area contributed by atoms with Crippen molar-refractivity contribution in [1.82, 2.24) is 10.3 Å². The fourth-order valence-corrected chi connectivity index (χ4v) is 3.84. The Morgan fingerprint density at radius 1 is 1.17 bits per heavy atom. The fourth-order valence-electron chi connectivity index (χ4n) is 3.84. The molecular formula is C20H28N2O2. The molecule has 2 atom stereocenters. The Labute approximate surface area is 143 Å². The molecule has 0 radical (unpaired) electrons.